The molecular weight excluding hydrogens is 216 g/mol. The van der Waals surface area contributed by atoms with Crippen molar-refractivity contribution in [3.8, 4) is 5.06 Å². The Morgan fingerprint density at radius 3 is 3.00 bits per heavy atom. The summed E-state index contributed by atoms with van der Waals surface area (Å²) in [6, 6.07) is 1.92. The lowest BCUT2D eigenvalue weighted by atomic mass is 10.7. The molecule has 0 saturated carbocycles. The Kier molecular flexibility index (Phi) is 3.18. The first-order valence-corrected chi connectivity index (χ1v) is 4.54. The summed E-state index contributed by atoms with van der Waals surface area (Å²) in [5.41, 5.74) is 0. The number of hydrogen-bond acceptors (Lipinski definition) is 3. The Morgan fingerprint density at radius 1 is 1.70 bits per heavy atom. The molecule has 0 aliphatic heterocycles. The molecule has 1 heterocycles. The van der Waals surface area contributed by atoms with Gasteiger partial charge < -0.3 is 4.89 Å². The molecule has 1 aromatic rings. The van der Waals surface area contributed by atoms with Gasteiger partial charge in [-0.15, -0.1) is 11.3 Å². The molecule has 0 spiro atoms. The fraction of sp³-hybridized carbons (Fsp3) is 0.333. The molecule has 0 aromatic carbocycles. The van der Waals surface area contributed by atoms with Crippen molar-refractivity contribution in [3.63, 3.8) is 0 Å². The van der Waals surface area contributed by atoms with Gasteiger partial charge in [-0.25, -0.2) is 0 Å². The minimum absolute atomic E-state index is 0.560. The van der Waals surface area contributed by atoms with Crippen molar-refractivity contribution in [2.75, 3.05) is 6.61 Å². The molecule has 0 amide bonds. The molecule has 0 atom stereocenters. The predicted molar refractivity (Wildman–Crippen MR) is 44.3 cm³/mol. The molecule has 0 radical (unpaired) electrons. The molecule has 0 fully saturated rings. The molecular formula is C6H7BrO2S. The maximum absolute atomic E-state index is 4.90. The van der Waals surface area contributed by atoms with Crippen molar-refractivity contribution in [3.05, 3.63) is 15.9 Å². The normalized spacial score (nSPS) is 9.80. The topological polar surface area (TPSA) is 18.5 Å². The zero-order chi connectivity index (χ0) is 7.40. The molecule has 0 unspecified atom stereocenters. The Hall–Kier alpha value is -0.0600. The van der Waals surface area contributed by atoms with Gasteiger partial charge in [0.1, 0.15) is 0 Å². The van der Waals surface area contributed by atoms with Crippen LogP contribution in [0.15, 0.2) is 15.9 Å². The van der Waals surface area contributed by atoms with E-state index in [1.54, 1.807) is 0 Å². The first kappa shape index (κ1) is 8.04. The smallest absolute Gasteiger partial charge is 0.233 e. The van der Waals surface area contributed by atoms with E-state index in [0.29, 0.717) is 6.61 Å². The van der Waals surface area contributed by atoms with E-state index in [0.717, 1.165) is 9.54 Å². The van der Waals surface area contributed by atoms with Crippen LogP contribution in [0.2, 0.25) is 0 Å². The molecule has 10 heavy (non-hydrogen) atoms. The summed E-state index contributed by atoms with van der Waals surface area (Å²) in [5.74, 6) is 0. The van der Waals surface area contributed by atoms with Crippen LogP contribution in [0.5, 0.6) is 5.06 Å². The quantitative estimate of drug-likeness (QED) is 0.579. The van der Waals surface area contributed by atoms with Gasteiger partial charge in [-0.1, -0.05) is 0 Å². The number of halogens is 1. The fourth-order valence-electron chi connectivity index (χ4n) is 0.452. The van der Waals surface area contributed by atoms with Gasteiger partial charge in [-0.05, 0) is 34.3 Å². The minimum atomic E-state index is 0.560. The summed E-state index contributed by atoms with van der Waals surface area (Å²) in [7, 11) is 0. The maximum Gasteiger partial charge on any atom is 0.233 e. The van der Waals surface area contributed by atoms with Crippen LogP contribution in [0.25, 0.3) is 0 Å². The molecule has 1 aromatic heterocycles. The molecule has 2 nitrogen and oxygen atoms in total. The summed E-state index contributed by atoms with van der Waals surface area (Å²) in [5, 5.41) is 2.69. The second kappa shape index (κ2) is 3.95. The fourth-order valence-corrected chi connectivity index (χ4v) is 1.70. The van der Waals surface area contributed by atoms with Crippen LogP contribution >= 0.6 is 27.3 Å². The third kappa shape index (κ3) is 1.97. The number of thiophene rings is 1. The molecule has 56 valence electrons. The third-order valence-corrected chi connectivity index (χ3v) is 2.50. The van der Waals surface area contributed by atoms with Gasteiger partial charge in [0, 0.05) is 0 Å². The first-order chi connectivity index (χ1) is 4.84. The van der Waals surface area contributed by atoms with Crippen molar-refractivity contribution < 1.29 is 9.78 Å². The lowest BCUT2D eigenvalue weighted by Crippen LogP contribution is -1.93. The monoisotopic (exact) mass is 222 g/mol. The maximum atomic E-state index is 4.90. The van der Waals surface area contributed by atoms with Crippen molar-refractivity contribution in [2.45, 2.75) is 6.92 Å². The van der Waals surface area contributed by atoms with Crippen molar-refractivity contribution >= 4 is 27.3 Å². The van der Waals surface area contributed by atoms with Gasteiger partial charge in [0.2, 0.25) is 5.06 Å². The van der Waals surface area contributed by atoms with Crippen LogP contribution in [0.1, 0.15) is 6.92 Å². The van der Waals surface area contributed by atoms with E-state index < -0.39 is 0 Å². The molecule has 0 aliphatic carbocycles. The second-order valence-electron chi connectivity index (χ2n) is 1.55. The summed E-state index contributed by atoms with van der Waals surface area (Å²) < 4.78 is 0.936. The van der Waals surface area contributed by atoms with Crippen molar-refractivity contribution in [1.82, 2.24) is 0 Å². The highest BCUT2D eigenvalue weighted by Crippen LogP contribution is 2.30. The largest absolute Gasteiger partial charge is 0.325 e. The Balaban J connectivity index is 2.49. The third-order valence-electron chi connectivity index (χ3n) is 0.837. The average molecular weight is 223 g/mol. The van der Waals surface area contributed by atoms with E-state index >= 15 is 0 Å². The van der Waals surface area contributed by atoms with Crippen LogP contribution in [0, 0.1) is 0 Å². The minimum Gasteiger partial charge on any atom is -0.325 e. The molecule has 0 aliphatic rings. The van der Waals surface area contributed by atoms with E-state index in [4.69, 9.17) is 9.78 Å². The van der Waals surface area contributed by atoms with E-state index in [1.165, 1.54) is 11.3 Å². The van der Waals surface area contributed by atoms with Crippen molar-refractivity contribution in [2.24, 2.45) is 0 Å². The van der Waals surface area contributed by atoms with Gasteiger partial charge in [0.05, 0.1) is 11.1 Å². The second-order valence-corrected chi connectivity index (χ2v) is 3.28. The van der Waals surface area contributed by atoms with E-state index in [1.807, 2.05) is 18.4 Å². The van der Waals surface area contributed by atoms with Crippen LogP contribution < -0.4 is 4.89 Å². The van der Waals surface area contributed by atoms with Gasteiger partial charge in [-0.3, -0.25) is 0 Å². The van der Waals surface area contributed by atoms with E-state index in [2.05, 4.69) is 15.9 Å². The average Bonchev–Trinajstić information content (AvgIpc) is 2.31. The molecule has 0 bridgehead atoms. The van der Waals surface area contributed by atoms with E-state index in [-0.39, 0.29) is 0 Å². The van der Waals surface area contributed by atoms with Crippen LogP contribution in [-0.4, -0.2) is 6.61 Å². The lowest BCUT2D eigenvalue weighted by molar-refractivity contribution is -0.199. The van der Waals surface area contributed by atoms with Gasteiger partial charge >= 0.3 is 0 Å². The first-order valence-electron chi connectivity index (χ1n) is 2.87. The number of hydrogen-bond donors (Lipinski definition) is 0. The molecule has 4 heteroatoms. The SMILES string of the molecule is CCOOc1sccc1Br. The molecule has 0 saturated heterocycles. The zero-order valence-electron chi connectivity index (χ0n) is 5.46. The highest BCUT2D eigenvalue weighted by atomic mass is 79.9. The van der Waals surface area contributed by atoms with Crippen molar-refractivity contribution in [1.29, 1.82) is 0 Å². The summed E-state index contributed by atoms with van der Waals surface area (Å²) in [6.45, 7) is 2.44. The van der Waals surface area contributed by atoms with Gasteiger partial charge in [0.25, 0.3) is 0 Å². The standard InChI is InChI=1S/C6H7BrO2S/c1-2-8-9-6-5(7)3-4-10-6/h3-4H,2H2,1H3. The summed E-state index contributed by atoms with van der Waals surface area (Å²) in [4.78, 5) is 9.64. The Morgan fingerprint density at radius 2 is 2.50 bits per heavy atom. The highest BCUT2D eigenvalue weighted by molar-refractivity contribution is 9.10. The highest BCUT2D eigenvalue weighted by Gasteiger charge is 2.01. The number of rotatable bonds is 3. The molecule has 0 N–H and O–H groups in total. The summed E-state index contributed by atoms with van der Waals surface area (Å²) in [6.07, 6.45) is 0. The van der Waals surface area contributed by atoms with E-state index in [9.17, 15) is 0 Å². The van der Waals surface area contributed by atoms with Gasteiger partial charge in [-0.2, -0.15) is 4.89 Å². The predicted octanol–water partition coefficient (Wildman–Crippen LogP) is 2.84. The zero-order valence-corrected chi connectivity index (χ0v) is 7.87. The molecule has 1 rings (SSSR count). The van der Waals surface area contributed by atoms with Gasteiger partial charge in [0.15, 0.2) is 0 Å². The Labute approximate surface area is 71.8 Å². The lowest BCUT2D eigenvalue weighted by Gasteiger charge is -1.98. The van der Waals surface area contributed by atoms with Crippen LogP contribution in [0.3, 0.4) is 0 Å². The van der Waals surface area contributed by atoms with Crippen LogP contribution in [-0.2, 0) is 4.89 Å². The summed E-state index contributed by atoms with van der Waals surface area (Å²) >= 11 is 4.80. The Bertz CT molecular complexity index is 199. The van der Waals surface area contributed by atoms with Crippen LogP contribution in [0.4, 0.5) is 0 Å².